The number of Topliss-reactive ketones (excluding diaryl/α,β-unsaturated/α-hetero) is 1. The standard InChI is InChI=1S/C17H20BrNOS/c1-5-14(20)15-13(19-16(21-15)17(2,3)4)10-11-8-6-7-9-12(11)18/h6-9H,5,10H2,1-4H3. The van der Waals surface area contributed by atoms with E-state index in [2.05, 4.69) is 42.8 Å². The number of carbonyl (C=O) groups excluding carboxylic acids is 1. The first-order valence-electron chi connectivity index (χ1n) is 7.09. The van der Waals surface area contributed by atoms with E-state index in [0.29, 0.717) is 12.8 Å². The van der Waals surface area contributed by atoms with Crippen molar-refractivity contribution < 1.29 is 4.79 Å². The number of halogens is 1. The molecule has 0 N–H and O–H groups in total. The van der Waals surface area contributed by atoms with Crippen LogP contribution in [0, 0.1) is 0 Å². The fraction of sp³-hybridized carbons (Fsp3) is 0.412. The zero-order chi connectivity index (χ0) is 15.6. The number of hydrogen-bond donors (Lipinski definition) is 0. The molecule has 0 atom stereocenters. The summed E-state index contributed by atoms with van der Waals surface area (Å²) in [6.45, 7) is 8.30. The summed E-state index contributed by atoms with van der Waals surface area (Å²) < 4.78 is 1.06. The summed E-state index contributed by atoms with van der Waals surface area (Å²) in [4.78, 5) is 17.8. The summed E-state index contributed by atoms with van der Waals surface area (Å²) in [6, 6.07) is 8.10. The maximum atomic E-state index is 12.2. The molecule has 1 aromatic carbocycles. The molecular weight excluding hydrogens is 346 g/mol. The van der Waals surface area contributed by atoms with Gasteiger partial charge in [-0.1, -0.05) is 61.8 Å². The quantitative estimate of drug-likeness (QED) is 0.680. The van der Waals surface area contributed by atoms with E-state index >= 15 is 0 Å². The average molecular weight is 366 g/mol. The minimum absolute atomic E-state index is 0.0282. The summed E-state index contributed by atoms with van der Waals surface area (Å²) in [7, 11) is 0. The highest BCUT2D eigenvalue weighted by Crippen LogP contribution is 2.32. The molecule has 0 aliphatic rings. The van der Waals surface area contributed by atoms with Crippen LogP contribution in [0.1, 0.15) is 60.1 Å². The van der Waals surface area contributed by atoms with Gasteiger partial charge in [0.05, 0.1) is 15.6 Å². The lowest BCUT2D eigenvalue weighted by Gasteiger charge is -2.13. The van der Waals surface area contributed by atoms with Gasteiger partial charge in [-0.15, -0.1) is 11.3 Å². The second-order valence-electron chi connectivity index (χ2n) is 6.09. The lowest BCUT2D eigenvalue weighted by atomic mass is 9.98. The zero-order valence-corrected chi connectivity index (χ0v) is 15.3. The summed E-state index contributed by atoms with van der Waals surface area (Å²) in [6.07, 6.45) is 1.21. The first-order chi connectivity index (χ1) is 9.82. The lowest BCUT2D eigenvalue weighted by Crippen LogP contribution is -2.10. The molecule has 21 heavy (non-hydrogen) atoms. The predicted octanol–water partition coefficient (Wildman–Crippen LogP) is 5.39. The predicted molar refractivity (Wildman–Crippen MR) is 92.4 cm³/mol. The van der Waals surface area contributed by atoms with Crippen LogP contribution in [0.15, 0.2) is 28.7 Å². The van der Waals surface area contributed by atoms with E-state index in [1.54, 1.807) is 11.3 Å². The third-order valence-corrected chi connectivity index (χ3v) is 5.57. The molecule has 0 radical (unpaired) electrons. The largest absolute Gasteiger partial charge is 0.293 e. The van der Waals surface area contributed by atoms with Gasteiger partial charge in [0, 0.05) is 22.7 Å². The van der Waals surface area contributed by atoms with Crippen molar-refractivity contribution in [3.05, 3.63) is 49.9 Å². The number of thiazole rings is 1. The molecule has 2 aromatic rings. The van der Waals surface area contributed by atoms with Crippen LogP contribution in [-0.4, -0.2) is 10.8 Å². The second kappa shape index (κ2) is 6.41. The molecule has 0 unspecified atom stereocenters. The van der Waals surface area contributed by atoms with E-state index in [1.807, 2.05) is 25.1 Å². The van der Waals surface area contributed by atoms with E-state index < -0.39 is 0 Å². The number of rotatable bonds is 4. The van der Waals surface area contributed by atoms with Crippen molar-refractivity contribution >= 4 is 33.0 Å². The van der Waals surface area contributed by atoms with Crippen LogP contribution >= 0.6 is 27.3 Å². The van der Waals surface area contributed by atoms with Gasteiger partial charge < -0.3 is 0 Å². The minimum Gasteiger partial charge on any atom is -0.293 e. The van der Waals surface area contributed by atoms with Gasteiger partial charge in [0.2, 0.25) is 0 Å². The van der Waals surface area contributed by atoms with Crippen molar-refractivity contribution in [1.82, 2.24) is 4.98 Å². The molecule has 0 bridgehead atoms. The van der Waals surface area contributed by atoms with Crippen LogP contribution in [0.5, 0.6) is 0 Å². The fourth-order valence-electron chi connectivity index (χ4n) is 1.99. The van der Waals surface area contributed by atoms with Crippen LogP contribution < -0.4 is 0 Å². The molecule has 0 saturated carbocycles. The Hall–Kier alpha value is -1.00. The Morgan fingerprint density at radius 3 is 2.52 bits per heavy atom. The fourth-order valence-corrected chi connectivity index (χ4v) is 3.57. The Labute approximate surface area is 138 Å². The van der Waals surface area contributed by atoms with Crippen molar-refractivity contribution in [1.29, 1.82) is 0 Å². The van der Waals surface area contributed by atoms with Gasteiger partial charge in [-0.05, 0) is 11.6 Å². The van der Waals surface area contributed by atoms with Gasteiger partial charge in [0.1, 0.15) is 0 Å². The molecular formula is C17H20BrNOS. The summed E-state index contributed by atoms with van der Waals surface area (Å²) >= 11 is 5.12. The molecule has 0 spiro atoms. The van der Waals surface area contributed by atoms with E-state index in [4.69, 9.17) is 4.98 Å². The third kappa shape index (κ3) is 3.80. The maximum Gasteiger partial charge on any atom is 0.174 e. The van der Waals surface area contributed by atoms with E-state index in [9.17, 15) is 4.79 Å². The number of nitrogens with zero attached hydrogens (tertiary/aromatic N) is 1. The molecule has 0 aliphatic carbocycles. The van der Waals surface area contributed by atoms with Gasteiger partial charge in [0.15, 0.2) is 5.78 Å². The molecule has 0 fully saturated rings. The SMILES string of the molecule is CCC(=O)c1sc(C(C)(C)C)nc1Cc1ccccc1Br. The Morgan fingerprint density at radius 1 is 1.29 bits per heavy atom. The highest BCUT2D eigenvalue weighted by Gasteiger charge is 2.24. The Bertz CT molecular complexity index is 655. The van der Waals surface area contributed by atoms with Crippen LogP contribution in [0.4, 0.5) is 0 Å². The number of aromatic nitrogens is 1. The molecule has 1 aromatic heterocycles. The van der Waals surface area contributed by atoms with Gasteiger partial charge in [-0.25, -0.2) is 4.98 Å². The van der Waals surface area contributed by atoms with Crippen LogP contribution in [0.3, 0.4) is 0 Å². The summed E-state index contributed by atoms with van der Waals surface area (Å²) in [5, 5.41) is 1.03. The molecule has 0 aliphatic heterocycles. The van der Waals surface area contributed by atoms with Crippen LogP contribution in [0.2, 0.25) is 0 Å². The average Bonchev–Trinajstić information content (AvgIpc) is 2.84. The van der Waals surface area contributed by atoms with Crippen LogP contribution in [0.25, 0.3) is 0 Å². The first-order valence-corrected chi connectivity index (χ1v) is 8.70. The number of benzene rings is 1. The first kappa shape index (κ1) is 16.4. The Kier molecular flexibility index (Phi) is 4.99. The maximum absolute atomic E-state index is 12.2. The summed E-state index contributed by atoms with van der Waals surface area (Å²) in [5.41, 5.74) is 2.04. The monoisotopic (exact) mass is 365 g/mol. The Balaban J connectivity index is 2.44. The minimum atomic E-state index is -0.0282. The smallest absolute Gasteiger partial charge is 0.174 e. The van der Waals surface area contributed by atoms with E-state index in [-0.39, 0.29) is 11.2 Å². The number of carbonyl (C=O) groups is 1. The van der Waals surface area contributed by atoms with Crippen molar-refractivity contribution in [2.75, 3.05) is 0 Å². The molecule has 0 amide bonds. The normalized spacial score (nSPS) is 11.7. The van der Waals surface area contributed by atoms with Gasteiger partial charge in [-0.3, -0.25) is 4.79 Å². The topological polar surface area (TPSA) is 30.0 Å². The molecule has 2 nitrogen and oxygen atoms in total. The molecule has 1 heterocycles. The molecule has 4 heteroatoms. The van der Waals surface area contributed by atoms with Crippen molar-refractivity contribution in [3.8, 4) is 0 Å². The van der Waals surface area contributed by atoms with Gasteiger partial charge in [-0.2, -0.15) is 0 Å². The van der Waals surface area contributed by atoms with Crippen molar-refractivity contribution in [2.45, 2.75) is 46.0 Å². The third-order valence-electron chi connectivity index (χ3n) is 3.23. The molecule has 112 valence electrons. The molecule has 2 rings (SSSR count). The highest BCUT2D eigenvalue weighted by atomic mass is 79.9. The highest BCUT2D eigenvalue weighted by molar-refractivity contribution is 9.10. The van der Waals surface area contributed by atoms with Crippen LogP contribution in [-0.2, 0) is 11.8 Å². The number of ketones is 1. The van der Waals surface area contributed by atoms with E-state index in [0.717, 1.165) is 25.6 Å². The second-order valence-corrected chi connectivity index (χ2v) is 7.94. The van der Waals surface area contributed by atoms with Crippen molar-refractivity contribution in [2.24, 2.45) is 0 Å². The van der Waals surface area contributed by atoms with Gasteiger partial charge >= 0.3 is 0 Å². The van der Waals surface area contributed by atoms with E-state index in [1.165, 1.54) is 0 Å². The van der Waals surface area contributed by atoms with Crippen molar-refractivity contribution in [3.63, 3.8) is 0 Å². The summed E-state index contributed by atoms with van der Waals surface area (Å²) in [5.74, 6) is 0.185. The zero-order valence-electron chi connectivity index (χ0n) is 12.9. The Morgan fingerprint density at radius 2 is 1.95 bits per heavy atom. The number of hydrogen-bond acceptors (Lipinski definition) is 3. The lowest BCUT2D eigenvalue weighted by molar-refractivity contribution is 0.0991. The van der Waals surface area contributed by atoms with Gasteiger partial charge in [0.25, 0.3) is 0 Å². The molecule has 0 saturated heterocycles.